The smallest absolute Gasteiger partial charge is 0.203 e. The fraction of sp³-hybridized carbons (Fsp3) is 0.211. The average molecular weight is 367 g/mol. The number of anilines is 4. The van der Waals surface area contributed by atoms with Gasteiger partial charge in [0.15, 0.2) is 23.1 Å². The molecule has 0 atom stereocenters. The van der Waals surface area contributed by atoms with Crippen LogP contribution in [-0.2, 0) is 0 Å². The number of nitrogens with zero attached hydrogens (tertiary/aromatic N) is 4. The Morgan fingerprint density at radius 2 is 1.56 bits per heavy atom. The highest BCUT2D eigenvalue weighted by molar-refractivity contribution is 5.68. The summed E-state index contributed by atoms with van der Waals surface area (Å²) >= 11 is 0. The van der Waals surface area contributed by atoms with Gasteiger partial charge >= 0.3 is 0 Å². The summed E-state index contributed by atoms with van der Waals surface area (Å²) < 4.78 is 16.2. The maximum absolute atomic E-state index is 5.42. The van der Waals surface area contributed by atoms with Crippen LogP contribution in [0.3, 0.4) is 0 Å². The minimum atomic E-state index is 0.538. The molecule has 0 aliphatic carbocycles. The number of nitrogens with one attached hydrogen (secondary N) is 1. The fourth-order valence-electron chi connectivity index (χ4n) is 2.55. The van der Waals surface area contributed by atoms with E-state index >= 15 is 0 Å². The normalized spacial score (nSPS) is 10.2. The fourth-order valence-corrected chi connectivity index (χ4v) is 2.55. The zero-order valence-electron chi connectivity index (χ0n) is 15.6. The highest BCUT2D eigenvalue weighted by atomic mass is 16.5. The molecule has 0 spiro atoms. The number of rotatable bonds is 7. The van der Waals surface area contributed by atoms with Crippen LogP contribution in [-0.4, -0.2) is 43.3 Å². The molecule has 0 radical (unpaired) electrons. The first-order valence-electron chi connectivity index (χ1n) is 8.19. The highest BCUT2D eigenvalue weighted by Gasteiger charge is 2.16. The molecule has 0 amide bonds. The number of aromatic nitrogens is 3. The van der Waals surface area contributed by atoms with Crippen molar-refractivity contribution in [2.45, 2.75) is 0 Å². The monoisotopic (exact) mass is 367 g/mol. The van der Waals surface area contributed by atoms with Crippen molar-refractivity contribution in [3.8, 4) is 17.2 Å². The number of ether oxygens (including phenoxy) is 3. The van der Waals surface area contributed by atoms with Crippen molar-refractivity contribution in [1.29, 1.82) is 0 Å². The molecule has 0 fully saturated rings. The molecule has 2 aromatic heterocycles. The Morgan fingerprint density at radius 1 is 0.889 bits per heavy atom. The van der Waals surface area contributed by atoms with Gasteiger partial charge in [0.2, 0.25) is 5.75 Å². The van der Waals surface area contributed by atoms with Crippen molar-refractivity contribution in [2.24, 2.45) is 0 Å². The van der Waals surface area contributed by atoms with E-state index in [1.165, 1.54) is 0 Å². The standard InChI is InChI=1S/C19H21N5O3/c1-24(14-9-15(25-2)19(27-4)16(10-14)26-3)18-12-21-11-17(23-18)22-13-5-7-20-8-6-13/h5-12H,1-4H3,(H,20,22,23). The highest BCUT2D eigenvalue weighted by Crippen LogP contribution is 2.41. The molecule has 1 aromatic carbocycles. The third-order valence-corrected chi connectivity index (χ3v) is 3.95. The van der Waals surface area contributed by atoms with Crippen molar-refractivity contribution >= 4 is 23.0 Å². The Labute approximate surface area is 157 Å². The molecule has 2 heterocycles. The van der Waals surface area contributed by atoms with Gasteiger partial charge in [-0.3, -0.25) is 9.97 Å². The van der Waals surface area contributed by atoms with Crippen LogP contribution >= 0.6 is 0 Å². The van der Waals surface area contributed by atoms with Crippen LogP contribution in [0, 0.1) is 0 Å². The predicted octanol–water partition coefficient (Wildman–Crippen LogP) is 3.41. The summed E-state index contributed by atoms with van der Waals surface area (Å²) in [7, 11) is 6.63. The molecular formula is C19H21N5O3. The molecule has 0 unspecified atom stereocenters. The molecule has 0 bridgehead atoms. The molecule has 0 aliphatic rings. The second-order valence-corrected chi connectivity index (χ2v) is 5.57. The van der Waals surface area contributed by atoms with E-state index in [0.717, 1.165) is 11.4 Å². The lowest BCUT2D eigenvalue weighted by Gasteiger charge is -2.21. The van der Waals surface area contributed by atoms with Crippen LogP contribution in [0.25, 0.3) is 0 Å². The van der Waals surface area contributed by atoms with Crippen LogP contribution in [0.2, 0.25) is 0 Å². The Hall–Kier alpha value is -3.55. The molecule has 3 rings (SSSR count). The second-order valence-electron chi connectivity index (χ2n) is 5.57. The molecule has 0 saturated heterocycles. The van der Waals surface area contributed by atoms with Gasteiger partial charge in [-0.05, 0) is 12.1 Å². The van der Waals surface area contributed by atoms with Gasteiger partial charge in [-0.2, -0.15) is 0 Å². The topological polar surface area (TPSA) is 81.6 Å². The third kappa shape index (κ3) is 4.00. The van der Waals surface area contributed by atoms with Crippen molar-refractivity contribution < 1.29 is 14.2 Å². The molecule has 0 saturated carbocycles. The first kappa shape index (κ1) is 18.2. The Morgan fingerprint density at radius 3 is 2.15 bits per heavy atom. The van der Waals surface area contributed by atoms with Crippen LogP contribution in [0.1, 0.15) is 0 Å². The van der Waals surface area contributed by atoms with E-state index in [9.17, 15) is 0 Å². The van der Waals surface area contributed by atoms with E-state index in [2.05, 4.69) is 20.3 Å². The summed E-state index contributed by atoms with van der Waals surface area (Å²) in [5, 5.41) is 3.20. The number of hydrogen-bond acceptors (Lipinski definition) is 8. The summed E-state index contributed by atoms with van der Waals surface area (Å²) in [5.74, 6) is 2.95. The summed E-state index contributed by atoms with van der Waals surface area (Å²) in [6.45, 7) is 0. The molecule has 8 heteroatoms. The SMILES string of the molecule is COc1cc(N(C)c2cncc(Nc3ccncc3)n2)cc(OC)c1OC. The Balaban J connectivity index is 1.92. The van der Waals surface area contributed by atoms with Crippen molar-refractivity contribution in [3.63, 3.8) is 0 Å². The van der Waals surface area contributed by atoms with Gasteiger partial charge in [0.1, 0.15) is 0 Å². The third-order valence-electron chi connectivity index (χ3n) is 3.95. The zero-order chi connectivity index (χ0) is 19.2. The van der Waals surface area contributed by atoms with Gasteiger partial charge in [-0.1, -0.05) is 0 Å². The zero-order valence-corrected chi connectivity index (χ0v) is 15.6. The van der Waals surface area contributed by atoms with Gasteiger partial charge < -0.3 is 24.4 Å². The van der Waals surface area contributed by atoms with Crippen molar-refractivity contribution in [2.75, 3.05) is 38.6 Å². The average Bonchev–Trinajstić information content (AvgIpc) is 2.73. The summed E-state index contributed by atoms with van der Waals surface area (Å²) in [4.78, 5) is 14.8. The van der Waals surface area contributed by atoms with E-state index < -0.39 is 0 Å². The van der Waals surface area contributed by atoms with Crippen LogP contribution in [0.4, 0.5) is 23.0 Å². The van der Waals surface area contributed by atoms with E-state index in [1.54, 1.807) is 46.1 Å². The number of pyridine rings is 1. The molecule has 8 nitrogen and oxygen atoms in total. The number of methoxy groups -OCH3 is 3. The van der Waals surface area contributed by atoms with Gasteiger partial charge in [-0.25, -0.2) is 4.98 Å². The summed E-state index contributed by atoms with van der Waals surface area (Å²) in [5.41, 5.74) is 1.70. The molecular weight excluding hydrogens is 346 g/mol. The molecule has 0 aliphatic heterocycles. The minimum Gasteiger partial charge on any atom is -0.493 e. The van der Waals surface area contributed by atoms with Crippen LogP contribution < -0.4 is 24.4 Å². The lowest BCUT2D eigenvalue weighted by Crippen LogP contribution is -2.13. The lowest BCUT2D eigenvalue weighted by atomic mass is 10.2. The van der Waals surface area contributed by atoms with Crippen LogP contribution in [0.15, 0.2) is 49.1 Å². The molecule has 140 valence electrons. The van der Waals surface area contributed by atoms with Gasteiger partial charge in [-0.15, -0.1) is 0 Å². The van der Waals surface area contributed by atoms with Crippen molar-refractivity contribution in [3.05, 3.63) is 49.1 Å². The Kier molecular flexibility index (Phi) is 5.55. The van der Waals surface area contributed by atoms with Crippen molar-refractivity contribution in [1.82, 2.24) is 15.0 Å². The maximum atomic E-state index is 5.42. The largest absolute Gasteiger partial charge is 0.493 e. The lowest BCUT2D eigenvalue weighted by molar-refractivity contribution is 0.324. The molecule has 27 heavy (non-hydrogen) atoms. The number of hydrogen-bond donors (Lipinski definition) is 1. The van der Waals surface area contributed by atoms with Gasteiger partial charge in [0, 0.05) is 42.9 Å². The maximum Gasteiger partial charge on any atom is 0.203 e. The molecule has 3 aromatic rings. The Bertz CT molecular complexity index is 880. The molecule has 1 N–H and O–H groups in total. The summed E-state index contributed by atoms with van der Waals surface area (Å²) in [6.07, 6.45) is 6.76. The first-order chi connectivity index (χ1) is 13.2. The van der Waals surface area contributed by atoms with E-state index in [4.69, 9.17) is 14.2 Å². The van der Waals surface area contributed by atoms with Gasteiger partial charge in [0.25, 0.3) is 0 Å². The number of benzene rings is 1. The minimum absolute atomic E-state index is 0.538. The van der Waals surface area contributed by atoms with E-state index in [1.807, 2.05) is 36.2 Å². The first-order valence-corrected chi connectivity index (χ1v) is 8.19. The predicted molar refractivity (Wildman–Crippen MR) is 104 cm³/mol. The van der Waals surface area contributed by atoms with Crippen LogP contribution in [0.5, 0.6) is 17.2 Å². The van der Waals surface area contributed by atoms with E-state index in [0.29, 0.717) is 28.9 Å². The second kappa shape index (κ2) is 8.22. The summed E-state index contributed by atoms with van der Waals surface area (Å²) in [6, 6.07) is 7.42. The van der Waals surface area contributed by atoms with Gasteiger partial charge in [0.05, 0.1) is 33.7 Å². The quantitative estimate of drug-likeness (QED) is 0.680. The van der Waals surface area contributed by atoms with E-state index in [-0.39, 0.29) is 0 Å².